The van der Waals surface area contributed by atoms with Crippen molar-refractivity contribution >= 4 is 22.4 Å². The second kappa shape index (κ2) is 6.89. The molecule has 132 valence electrons. The summed E-state index contributed by atoms with van der Waals surface area (Å²) < 4.78 is 13.1. The van der Waals surface area contributed by atoms with Crippen LogP contribution < -0.4 is 4.90 Å². The van der Waals surface area contributed by atoms with E-state index >= 15 is 0 Å². The average Bonchev–Trinajstić information content (AvgIpc) is 2.67. The van der Waals surface area contributed by atoms with Crippen LogP contribution in [0.2, 0.25) is 0 Å². The van der Waals surface area contributed by atoms with Crippen LogP contribution in [0.5, 0.6) is 0 Å². The molecule has 1 unspecified atom stereocenters. The van der Waals surface area contributed by atoms with Gasteiger partial charge in [-0.1, -0.05) is 48.5 Å². The van der Waals surface area contributed by atoms with Gasteiger partial charge in [-0.15, -0.1) is 0 Å². The topological polar surface area (TPSA) is 23.6 Å². The first-order valence-corrected chi connectivity index (χ1v) is 8.91. The van der Waals surface area contributed by atoms with Gasteiger partial charge in [-0.25, -0.2) is 4.39 Å². The van der Waals surface area contributed by atoms with Crippen molar-refractivity contribution in [3.05, 3.63) is 78.1 Å². The summed E-state index contributed by atoms with van der Waals surface area (Å²) in [5, 5.41) is 2.24. The van der Waals surface area contributed by atoms with E-state index in [4.69, 9.17) is 0 Å². The maximum Gasteiger partial charge on any atom is 0.244 e. The number of carbonyl (C=O) groups is 1. The van der Waals surface area contributed by atoms with Crippen LogP contribution in [0, 0.1) is 5.82 Å². The lowest BCUT2D eigenvalue weighted by atomic mass is 10.1. The molecular weight excluding hydrogens is 327 g/mol. The predicted molar refractivity (Wildman–Crippen MR) is 103 cm³/mol. The second-order valence-corrected chi connectivity index (χ2v) is 6.76. The van der Waals surface area contributed by atoms with Gasteiger partial charge in [0.25, 0.3) is 0 Å². The van der Waals surface area contributed by atoms with Crippen molar-refractivity contribution in [2.45, 2.75) is 19.5 Å². The van der Waals surface area contributed by atoms with Crippen molar-refractivity contribution in [3.8, 4) is 0 Å². The van der Waals surface area contributed by atoms with Gasteiger partial charge in [-0.2, -0.15) is 0 Å². The van der Waals surface area contributed by atoms with Crippen molar-refractivity contribution in [2.24, 2.45) is 0 Å². The molecule has 4 rings (SSSR count). The quantitative estimate of drug-likeness (QED) is 0.708. The predicted octanol–water partition coefficient (Wildman–Crippen LogP) is 4.22. The van der Waals surface area contributed by atoms with Gasteiger partial charge in [-0.3, -0.25) is 9.69 Å². The van der Waals surface area contributed by atoms with Gasteiger partial charge in [-0.05, 0) is 36.1 Å². The number of halogens is 1. The third-order valence-corrected chi connectivity index (χ3v) is 5.14. The lowest BCUT2D eigenvalue weighted by molar-refractivity contribution is -0.125. The molecule has 1 fully saturated rings. The molecule has 3 aromatic rings. The third-order valence-electron chi connectivity index (χ3n) is 5.14. The number of hydrogen-bond donors (Lipinski definition) is 0. The number of piperazine rings is 1. The molecule has 0 N–H and O–H groups in total. The molecule has 0 aliphatic carbocycles. The highest BCUT2D eigenvalue weighted by Gasteiger charge is 2.32. The summed E-state index contributed by atoms with van der Waals surface area (Å²) >= 11 is 0. The largest absolute Gasteiger partial charge is 0.309 e. The Morgan fingerprint density at radius 1 is 0.962 bits per heavy atom. The zero-order valence-electron chi connectivity index (χ0n) is 14.7. The van der Waals surface area contributed by atoms with Gasteiger partial charge in [0.15, 0.2) is 0 Å². The molecule has 26 heavy (non-hydrogen) atoms. The Labute approximate surface area is 152 Å². The maximum absolute atomic E-state index is 13.1. The van der Waals surface area contributed by atoms with Gasteiger partial charge in [0, 0.05) is 25.0 Å². The van der Waals surface area contributed by atoms with Crippen LogP contribution in [0.4, 0.5) is 10.1 Å². The standard InChI is InChI=1S/C22H21FN2O/c1-16-22(26)25(21-8-4-6-18-5-2-3-7-20(18)21)14-13-24(16)15-17-9-11-19(23)12-10-17/h2-12,16H,13-15H2,1H3. The van der Waals surface area contributed by atoms with Crippen molar-refractivity contribution < 1.29 is 9.18 Å². The minimum Gasteiger partial charge on any atom is -0.309 e. The molecule has 1 amide bonds. The molecule has 0 radical (unpaired) electrons. The molecule has 1 aliphatic heterocycles. The molecule has 4 heteroatoms. The minimum atomic E-state index is -0.237. The Hall–Kier alpha value is -2.72. The van der Waals surface area contributed by atoms with Crippen molar-refractivity contribution in [3.63, 3.8) is 0 Å². The highest BCUT2D eigenvalue weighted by molar-refractivity contribution is 6.05. The van der Waals surface area contributed by atoms with Crippen molar-refractivity contribution in [1.82, 2.24) is 4.90 Å². The SMILES string of the molecule is CC1C(=O)N(c2cccc3ccccc23)CCN1Cc1ccc(F)cc1. The molecule has 1 heterocycles. The van der Waals surface area contributed by atoms with Crippen LogP contribution in [0.1, 0.15) is 12.5 Å². The number of hydrogen-bond acceptors (Lipinski definition) is 2. The van der Waals surface area contributed by atoms with Gasteiger partial charge in [0.1, 0.15) is 5.82 Å². The Morgan fingerprint density at radius 2 is 1.69 bits per heavy atom. The number of anilines is 1. The summed E-state index contributed by atoms with van der Waals surface area (Å²) in [5.74, 6) is -0.131. The molecule has 1 atom stereocenters. The van der Waals surface area contributed by atoms with E-state index in [2.05, 4.69) is 23.1 Å². The van der Waals surface area contributed by atoms with Crippen molar-refractivity contribution in [1.29, 1.82) is 0 Å². The first-order chi connectivity index (χ1) is 12.6. The number of fused-ring (bicyclic) bond motifs is 1. The lowest BCUT2D eigenvalue weighted by Crippen LogP contribution is -2.55. The molecular formula is C22H21FN2O. The van der Waals surface area contributed by atoms with E-state index in [-0.39, 0.29) is 17.8 Å². The van der Waals surface area contributed by atoms with Gasteiger partial charge < -0.3 is 4.90 Å². The molecule has 0 spiro atoms. The minimum absolute atomic E-state index is 0.106. The van der Waals surface area contributed by atoms with Gasteiger partial charge in [0.2, 0.25) is 5.91 Å². The van der Waals surface area contributed by atoms with E-state index in [0.717, 1.165) is 28.6 Å². The van der Waals surface area contributed by atoms with Crippen LogP contribution in [0.15, 0.2) is 66.7 Å². The van der Waals surface area contributed by atoms with Crippen LogP contribution in [0.25, 0.3) is 10.8 Å². The lowest BCUT2D eigenvalue weighted by Gasteiger charge is -2.39. The van der Waals surface area contributed by atoms with Crippen LogP contribution >= 0.6 is 0 Å². The monoisotopic (exact) mass is 348 g/mol. The van der Waals surface area contributed by atoms with Gasteiger partial charge >= 0.3 is 0 Å². The molecule has 0 bridgehead atoms. The van der Waals surface area contributed by atoms with E-state index in [9.17, 15) is 9.18 Å². The molecule has 0 saturated carbocycles. The molecule has 0 aromatic heterocycles. The number of carbonyl (C=O) groups excluding carboxylic acids is 1. The fourth-order valence-corrected chi connectivity index (χ4v) is 3.64. The Morgan fingerprint density at radius 3 is 2.50 bits per heavy atom. The molecule has 1 aliphatic rings. The van der Waals surface area contributed by atoms with Crippen LogP contribution in [0.3, 0.4) is 0 Å². The third kappa shape index (κ3) is 3.08. The van der Waals surface area contributed by atoms with E-state index in [1.165, 1.54) is 12.1 Å². The number of amides is 1. The highest BCUT2D eigenvalue weighted by atomic mass is 19.1. The van der Waals surface area contributed by atoms with Gasteiger partial charge in [0.05, 0.1) is 11.7 Å². The van der Waals surface area contributed by atoms with E-state index < -0.39 is 0 Å². The molecule has 3 nitrogen and oxygen atoms in total. The summed E-state index contributed by atoms with van der Waals surface area (Å²) in [6, 6.07) is 20.5. The first-order valence-electron chi connectivity index (χ1n) is 8.91. The summed E-state index contributed by atoms with van der Waals surface area (Å²) in [7, 11) is 0. The highest BCUT2D eigenvalue weighted by Crippen LogP contribution is 2.29. The normalized spacial score (nSPS) is 18.5. The second-order valence-electron chi connectivity index (χ2n) is 6.76. The van der Waals surface area contributed by atoms with Crippen molar-refractivity contribution in [2.75, 3.05) is 18.0 Å². The van der Waals surface area contributed by atoms with E-state index in [0.29, 0.717) is 13.1 Å². The van der Waals surface area contributed by atoms with E-state index in [1.807, 2.05) is 36.1 Å². The Balaban J connectivity index is 1.57. The maximum atomic E-state index is 13.1. The first kappa shape index (κ1) is 16.7. The number of benzene rings is 3. The summed E-state index contributed by atoms with van der Waals surface area (Å²) in [5.41, 5.74) is 1.99. The summed E-state index contributed by atoms with van der Waals surface area (Å²) in [6.07, 6.45) is 0. The molecule has 3 aromatic carbocycles. The fourth-order valence-electron chi connectivity index (χ4n) is 3.64. The zero-order valence-corrected chi connectivity index (χ0v) is 14.7. The Bertz CT molecular complexity index is 933. The van der Waals surface area contributed by atoms with Crippen LogP contribution in [-0.2, 0) is 11.3 Å². The summed E-state index contributed by atoms with van der Waals surface area (Å²) in [4.78, 5) is 17.1. The summed E-state index contributed by atoms with van der Waals surface area (Å²) in [6.45, 7) is 4.03. The average molecular weight is 348 g/mol. The fraction of sp³-hybridized carbons (Fsp3) is 0.227. The number of rotatable bonds is 3. The molecule has 1 saturated heterocycles. The Kier molecular flexibility index (Phi) is 4.43. The number of nitrogens with zero attached hydrogens (tertiary/aromatic N) is 2. The van der Waals surface area contributed by atoms with E-state index in [1.54, 1.807) is 12.1 Å². The zero-order chi connectivity index (χ0) is 18.1. The van der Waals surface area contributed by atoms with Crippen LogP contribution in [-0.4, -0.2) is 29.9 Å². The smallest absolute Gasteiger partial charge is 0.244 e.